The monoisotopic (exact) mass is 162 g/mol. The van der Waals surface area contributed by atoms with E-state index in [1.807, 2.05) is 6.07 Å². The van der Waals surface area contributed by atoms with Gasteiger partial charge < -0.3 is 9.47 Å². The molecular weight excluding hydrogens is 152 g/mol. The summed E-state index contributed by atoms with van der Waals surface area (Å²) in [4.78, 5) is 0. The van der Waals surface area contributed by atoms with Gasteiger partial charge in [0.15, 0.2) is 0 Å². The third-order valence-electron chi connectivity index (χ3n) is 2.66. The minimum atomic E-state index is 0.408. The van der Waals surface area contributed by atoms with Gasteiger partial charge >= 0.3 is 0 Å². The van der Waals surface area contributed by atoms with Crippen molar-refractivity contribution in [2.75, 3.05) is 7.11 Å². The van der Waals surface area contributed by atoms with Gasteiger partial charge in [0, 0.05) is 6.42 Å². The highest BCUT2D eigenvalue weighted by Crippen LogP contribution is 2.49. The molecule has 2 heteroatoms. The summed E-state index contributed by atoms with van der Waals surface area (Å²) in [5, 5.41) is 0. The lowest BCUT2D eigenvalue weighted by Crippen LogP contribution is -1.90. The number of ether oxygens (including phenoxy) is 2. The van der Waals surface area contributed by atoms with Crippen molar-refractivity contribution in [2.45, 2.75) is 18.6 Å². The Hall–Kier alpha value is -1.02. The average molecular weight is 162 g/mol. The largest absolute Gasteiger partial charge is 0.497 e. The Kier molecular flexibility index (Phi) is 1.09. The Bertz CT molecular complexity index is 333. The van der Waals surface area contributed by atoms with Crippen molar-refractivity contribution in [1.82, 2.24) is 0 Å². The number of epoxide rings is 1. The number of rotatable bonds is 1. The first-order valence-electron chi connectivity index (χ1n) is 4.21. The molecule has 0 spiro atoms. The summed E-state index contributed by atoms with van der Waals surface area (Å²) in [7, 11) is 1.70. The molecule has 2 nitrogen and oxygen atoms in total. The molecule has 1 aliphatic heterocycles. The van der Waals surface area contributed by atoms with Gasteiger partial charge in [0.05, 0.1) is 13.2 Å². The zero-order chi connectivity index (χ0) is 8.13. The van der Waals surface area contributed by atoms with Crippen LogP contribution in [0, 0.1) is 0 Å². The van der Waals surface area contributed by atoms with Gasteiger partial charge in [-0.1, -0.05) is 6.07 Å². The molecule has 0 aromatic heterocycles. The molecule has 1 heterocycles. The van der Waals surface area contributed by atoms with E-state index in [1.165, 1.54) is 11.1 Å². The maximum atomic E-state index is 5.41. The fourth-order valence-corrected chi connectivity index (χ4v) is 1.95. The van der Waals surface area contributed by atoms with Crippen molar-refractivity contribution < 1.29 is 9.47 Å². The predicted molar refractivity (Wildman–Crippen MR) is 44.3 cm³/mol. The number of methoxy groups -OCH3 is 1. The van der Waals surface area contributed by atoms with Crippen LogP contribution in [0.2, 0.25) is 0 Å². The van der Waals surface area contributed by atoms with Crippen molar-refractivity contribution in [1.29, 1.82) is 0 Å². The van der Waals surface area contributed by atoms with Crippen molar-refractivity contribution in [3.05, 3.63) is 29.3 Å². The predicted octanol–water partition coefficient (Wildman–Crippen LogP) is 1.69. The molecular formula is C10H10O2. The van der Waals surface area contributed by atoms with Gasteiger partial charge in [0.25, 0.3) is 0 Å². The van der Waals surface area contributed by atoms with E-state index in [9.17, 15) is 0 Å². The second-order valence-electron chi connectivity index (χ2n) is 3.36. The lowest BCUT2D eigenvalue weighted by molar-refractivity contribution is 0.359. The van der Waals surface area contributed by atoms with Crippen LogP contribution < -0.4 is 4.74 Å². The molecule has 1 saturated heterocycles. The molecule has 2 unspecified atom stereocenters. The highest BCUT2D eigenvalue weighted by molar-refractivity contribution is 5.43. The molecule has 0 radical (unpaired) electrons. The highest BCUT2D eigenvalue weighted by Gasteiger charge is 2.46. The Morgan fingerprint density at radius 3 is 3.25 bits per heavy atom. The summed E-state index contributed by atoms with van der Waals surface area (Å²) in [5.74, 6) is 0.954. The van der Waals surface area contributed by atoms with Crippen molar-refractivity contribution in [3.63, 3.8) is 0 Å². The van der Waals surface area contributed by atoms with Crippen LogP contribution in [0.3, 0.4) is 0 Å². The molecule has 1 aromatic carbocycles. The Labute approximate surface area is 71.1 Å². The van der Waals surface area contributed by atoms with E-state index in [2.05, 4.69) is 12.1 Å². The van der Waals surface area contributed by atoms with Crippen molar-refractivity contribution in [2.24, 2.45) is 0 Å². The van der Waals surface area contributed by atoms with Gasteiger partial charge in [0.1, 0.15) is 11.9 Å². The Morgan fingerprint density at radius 2 is 2.42 bits per heavy atom. The molecule has 0 saturated carbocycles. The molecule has 3 rings (SSSR count). The summed E-state index contributed by atoms with van der Waals surface area (Å²) in [6.45, 7) is 0. The summed E-state index contributed by atoms with van der Waals surface area (Å²) in [6, 6.07) is 6.24. The van der Waals surface area contributed by atoms with Gasteiger partial charge in [0.2, 0.25) is 0 Å². The van der Waals surface area contributed by atoms with E-state index in [1.54, 1.807) is 7.11 Å². The molecule has 0 N–H and O–H groups in total. The van der Waals surface area contributed by atoms with Crippen molar-refractivity contribution >= 4 is 0 Å². The summed E-state index contributed by atoms with van der Waals surface area (Å²) in [5.41, 5.74) is 2.76. The van der Waals surface area contributed by atoms with Gasteiger partial charge in [-0.2, -0.15) is 0 Å². The smallest absolute Gasteiger partial charge is 0.119 e. The molecule has 62 valence electrons. The number of hydrogen-bond acceptors (Lipinski definition) is 2. The second kappa shape index (κ2) is 2.02. The maximum absolute atomic E-state index is 5.41. The quantitative estimate of drug-likeness (QED) is 0.586. The third kappa shape index (κ3) is 0.730. The van der Waals surface area contributed by atoms with Crippen LogP contribution in [0.5, 0.6) is 5.75 Å². The highest BCUT2D eigenvalue weighted by atomic mass is 16.6. The van der Waals surface area contributed by atoms with Crippen LogP contribution in [0.4, 0.5) is 0 Å². The minimum Gasteiger partial charge on any atom is -0.497 e. The fourth-order valence-electron chi connectivity index (χ4n) is 1.95. The van der Waals surface area contributed by atoms with Crippen LogP contribution in [-0.2, 0) is 11.2 Å². The third-order valence-corrected chi connectivity index (χ3v) is 2.66. The normalized spacial score (nSPS) is 29.4. The van der Waals surface area contributed by atoms with Gasteiger partial charge in [-0.25, -0.2) is 0 Å². The average Bonchev–Trinajstić information content (AvgIpc) is 2.78. The van der Waals surface area contributed by atoms with Crippen LogP contribution in [-0.4, -0.2) is 13.2 Å². The Balaban J connectivity index is 2.08. The molecule has 2 aliphatic rings. The summed E-state index contributed by atoms with van der Waals surface area (Å²) >= 11 is 0. The zero-order valence-electron chi connectivity index (χ0n) is 6.91. The number of hydrogen-bond donors (Lipinski definition) is 0. The lowest BCUT2D eigenvalue weighted by Gasteiger charge is -2.04. The van der Waals surface area contributed by atoms with Gasteiger partial charge in [-0.3, -0.25) is 0 Å². The van der Waals surface area contributed by atoms with E-state index >= 15 is 0 Å². The maximum Gasteiger partial charge on any atom is 0.119 e. The summed E-state index contributed by atoms with van der Waals surface area (Å²) in [6.07, 6.45) is 1.95. The molecule has 2 atom stereocenters. The second-order valence-corrected chi connectivity index (χ2v) is 3.36. The first kappa shape index (κ1) is 6.49. The van der Waals surface area contributed by atoms with Crippen molar-refractivity contribution in [3.8, 4) is 5.75 Å². The molecule has 12 heavy (non-hydrogen) atoms. The van der Waals surface area contributed by atoms with Gasteiger partial charge in [-0.15, -0.1) is 0 Å². The molecule has 1 fully saturated rings. The van der Waals surface area contributed by atoms with E-state index in [0.29, 0.717) is 12.2 Å². The number of fused-ring (bicyclic) bond motifs is 3. The van der Waals surface area contributed by atoms with Crippen LogP contribution in [0.25, 0.3) is 0 Å². The molecule has 0 amide bonds. The first-order valence-corrected chi connectivity index (χ1v) is 4.21. The van der Waals surface area contributed by atoms with E-state index in [0.717, 1.165) is 12.2 Å². The van der Waals surface area contributed by atoms with Crippen LogP contribution in [0.15, 0.2) is 18.2 Å². The SMILES string of the molecule is COc1ccc2c(c1)CC1OC21. The van der Waals surface area contributed by atoms with Crippen LogP contribution >= 0.6 is 0 Å². The standard InChI is InChI=1S/C10H10O2/c1-11-7-2-3-8-6(4-7)5-9-10(8)12-9/h2-4,9-10H,5H2,1H3. The molecule has 1 aliphatic carbocycles. The minimum absolute atomic E-state index is 0.408. The first-order chi connectivity index (χ1) is 5.88. The fraction of sp³-hybridized carbons (Fsp3) is 0.400. The van der Waals surface area contributed by atoms with E-state index < -0.39 is 0 Å². The summed E-state index contributed by atoms with van der Waals surface area (Å²) < 4.78 is 10.6. The van der Waals surface area contributed by atoms with Crippen LogP contribution in [0.1, 0.15) is 17.2 Å². The molecule has 1 aromatic rings. The molecule has 0 bridgehead atoms. The topological polar surface area (TPSA) is 21.8 Å². The zero-order valence-corrected chi connectivity index (χ0v) is 6.91. The van der Waals surface area contributed by atoms with E-state index in [4.69, 9.17) is 9.47 Å². The number of benzene rings is 1. The van der Waals surface area contributed by atoms with E-state index in [-0.39, 0.29) is 0 Å². The lowest BCUT2D eigenvalue weighted by atomic mass is 10.1. The Morgan fingerprint density at radius 1 is 1.50 bits per heavy atom. The van der Waals surface area contributed by atoms with Gasteiger partial charge in [-0.05, 0) is 23.3 Å².